The number of hydrogen-bond acceptors (Lipinski definition) is 2. The zero-order valence-electron chi connectivity index (χ0n) is 17.9. The highest BCUT2D eigenvalue weighted by molar-refractivity contribution is 6.35. The Morgan fingerprint density at radius 3 is 2.16 bits per heavy atom. The molecule has 1 N–H and O–H groups in total. The van der Waals surface area contributed by atoms with Crippen LogP contribution >= 0.6 is 23.2 Å². The highest BCUT2D eigenvalue weighted by Crippen LogP contribution is 2.21. The quantitative estimate of drug-likeness (QED) is 0.440. The summed E-state index contributed by atoms with van der Waals surface area (Å²) in [6.45, 7) is 2.38. The van der Waals surface area contributed by atoms with E-state index in [0.29, 0.717) is 29.4 Å². The van der Waals surface area contributed by atoms with E-state index in [9.17, 15) is 9.59 Å². The largest absolute Gasteiger partial charge is 0.350 e. The van der Waals surface area contributed by atoms with Crippen LogP contribution in [0.3, 0.4) is 0 Å². The maximum atomic E-state index is 13.1. The summed E-state index contributed by atoms with van der Waals surface area (Å²) in [5.74, 6) is -0.301. The minimum atomic E-state index is -0.635. The Hall–Kier alpha value is -2.82. The molecule has 0 aliphatic heterocycles. The van der Waals surface area contributed by atoms with E-state index in [4.69, 9.17) is 23.2 Å². The molecule has 1 atom stereocenters. The third kappa shape index (κ3) is 6.84. The van der Waals surface area contributed by atoms with Crippen molar-refractivity contribution in [3.05, 3.63) is 106 Å². The molecule has 0 bridgehead atoms. The van der Waals surface area contributed by atoms with E-state index >= 15 is 0 Å². The van der Waals surface area contributed by atoms with Gasteiger partial charge in [-0.25, -0.2) is 0 Å². The summed E-state index contributed by atoms with van der Waals surface area (Å²) in [5, 5.41) is 3.92. The topological polar surface area (TPSA) is 49.4 Å². The number of carbonyl (C=O) groups excluding carboxylic acids is 2. The summed E-state index contributed by atoms with van der Waals surface area (Å²) in [5.41, 5.74) is 2.83. The second kappa shape index (κ2) is 11.7. The second-order valence-corrected chi connectivity index (χ2v) is 8.47. The number of benzene rings is 3. The van der Waals surface area contributed by atoms with Gasteiger partial charge in [0.25, 0.3) is 0 Å². The fourth-order valence-electron chi connectivity index (χ4n) is 3.40. The Balaban J connectivity index is 1.69. The van der Waals surface area contributed by atoms with E-state index in [1.165, 1.54) is 0 Å². The molecular formula is C26H26Cl2N2O2. The summed E-state index contributed by atoms with van der Waals surface area (Å²) < 4.78 is 0. The molecular weight excluding hydrogens is 443 g/mol. The lowest BCUT2D eigenvalue weighted by Crippen LogP contribution is -2.47. The molecule has 0 unspecified atom stereocenters. The minimum Gasteiger partial charge on any atom is -0.350 e. The van der Waals surface area contributed by atoms with Gasteiger partial charge >= 0.3 is 0 Å². The van der Waals surface area contributed by atoms with Gasteiger partial charge in [0.05, 0.1) is 0 Å². The molecule has 0 spiro atoms. The Morgan fingerprint density at radius 2 is 1.53 bits per heavy atom. The average molecular weight is 469 g/mol. The zero-order chi connectivity index (χ0) is 22.9. The van der Waals surface area contributed by atoms with Gasteiger partial charge in [0.15, 0.2) is 0 Å². The standard InChI is InChI=1S/C26H26Cl2N2O2/c1-19(26(32)29-17-22-13-14-23(27)16-24(22)28)30(18-21-10-6-3-7-11-21)25(31)15-12-20-8-4-2-5-9-20/h2-11,13-14,16,19H,12,15,17-18H2,1H3,(H,29,32)/t19-/m0/s1. The molecule has 6 heteroatoms. The molecule has 166 valence electrons. The van der Waals surface area contributed by atoms with Crippen LogP contribution in [0.1, 0.15) is 30.0 Å². The number of rotatable bonds is 9. The number of nitrogens with zero attached hydrogens (tertiary/aromatic N) is 1. The number of amides is 2. The van der Waals surface area contributed by atoms with Crippen molar-refractivity contribution in [2.75, 3.05) is 0 Å². The van der Waals surface area contributed by atoms with Crippen LogP contribution in [0, 0.1) is 0 Å². The zero-order valence-corrected chi connectivity index (χ0v) is 19.4. The molecule has 2 amide bonds. The van der Waals surface area contributed by atoms with Gasteiger partial charge in [-0.1, -0.05) is 89.9 Å². The van der Waals surface area contributed by atoms with Crippen LogP contribution in [0.5, 0.6) is 0 Å². The molecule has 4 nitrogen and oxygen atoms in total. The highest BCUT2D eigenvalue weighted by Gasteiger charge is 2.26. The fourth-order valence-corrected chi connectivity index (χ4v) is 3.87. The first kappa shape index (κ1) is 23.8. The molecule has 0 aromatic heterocycles. The maximum Gasteiger partial charge on any atom is 0.242 e. The third-order valence-electron chi connectivity index (χ3n) is 5.30. The van der Waals surface area contributed by atoms with Crippen molar-refractivity contribution in [3.8, 4) is 0 Å². The molecule has 0 saturated carbocycles. The van der Waals surface area contributed by atoms with Crippen molar-refractivity contribution in [2.45, 2.75) is 38.9 Å². The summed E-state index contributed by atoms with van der Waals surface area (Å²) in [4.78, 5) is 27.7. The molecule has 0 fully saturated rings. The molecule has 0 aliphatic carbocycles. The van der Waals surface area contributed by atoms with Gasteiger partial charge in [0.2, 0.25) is 11.8 Å². The first-order valence-electron chi connectivity index (χ1n) is 10.5. The fraction of sp³-hybridized carbons (Fsp3) is 0.231. The van der Waals surface area contributed by atoms with Crippen molar-refractivity contribution in [1.82, 2.24) is 10.2 Å². The van der Waals surface area contributed by atoms with Gasteiger partial charge in [0.1, 0.15) is 6.04 Å². The molecule has 3 aromatic carbocycles. The van der Waals surface area contributed by atoms with E-state index in [1.807, 2.05) is 60.7 Å². The minimum absolute atomic E-state index is 0.0649. The molecule has 3 aromatic rings. The van der Waals surface area contributed by atoms with Crippen LogP contribution in [0.2, 0.25) is 10.0 Å². The summed E-state index contributed by atoms with van der Waals surface area (Å²) in [6, 6.07) is 24.1. The predicted molar refractivity (Wildman–Crippen MR) is 130 cm³/mol. The Morgan fingerprint density at radius 1 is 0.906 bits per heavy atom. The predicted octanol–water partition coefficient (Wildman–Crippen LogP) is 5.66. The molecule has 0 aliphatic rings. The Kier molecular flexibility index (Phi) is 8.72. The lowest BCUT2D eigenvalue weighted by Gasteiger charge is -2.29. The van der Waals surface area contributed by atoms with Crippen LogP contribution < -0.4 is 5.32 Å². The van der Waals surface area contributed by atoms with Crippen molar-refractivity contribution < 1.29 is 9.59 Å². The lowest BCUT2D eigenvalue weighted by molar-refractivity contribution is -0.140. The maximum absolute atomic E-state index is 13.1. The van der Waals surface area contributed by atoms with Crippen LogP contribution in [-0.4, -0.2) is 22.8 Å². The monoisotopic (exact) mass is 468 g/mol. The van der Waals surface area contributed by atoms with Crippen LogP contribution in [0.4, 0.5) is 0 Å². The number of aryl methyl sites for hydroxylation is 1. The van der Waals surface area contributed by atoms with Gasteiger partial charge in [-0.15, -0.1) is 0 Å². The van der Waals surface area contributed by atoms with Crippen molar-refractivity contribution in [3.63, 3.8) is 0 Å². The normalized spacial score (nSPS) is 11.6. The van der Waals surface area contributed by atoms with Gasteiger partial charge < -0.3 is 10.2 Å². The highest BCUT2D eigenvalue weighted by atomic mass is 35.5. The Bertz CT molecular complexity index is 1040. The van der Waals surface area contributed by atoms with Crippen LogP contribution in [0.25, 0.3) is 0 Å². The van der Waals surface area contributed by atoms with E-state index in [-0.39, 0.29) is 18.4 Å². The summed E-state index contributed by atoms with van der Waals surface area (Å²) in [7, 11) is 0. The molecule has 0 radical (unpaired) electrons. The number of carbonyl (C=O) groups is 2. The van der Waals surface area contributed by atoms with E-state index < -0.39 is 6.04 Å². The van der Waals surface area contributed by atoms with E-state index in [1.54, 1.807) is 30.0 Å². The second-order valence-electron chi connectivity index (χ2n) is 7.62. The molecule has 0 heterocycles. The number of nitrogens with one attached hydrogen (secondary N) is 1. The lowest BCUT2D eigenvalue weighted by atomic mass is 10.1. The molecule has 3 rings (SSSR count). The van der Waals surface area contributed by atoms with Gasteiger partial charge in [-0.3, -0.25) is 9.59 Å². The molecule has 32 heavy (non-hydrogen) atoms. The summed E-state index contributed by atoms with van der Waals surface area (Å²) in [6.07, 6.45) is 0.956. The number of hydrogen-bond donors (Lipinski definition) is 1. The van der Waals surface area contributed by atoms with Crippen molar-refractivity contribution >= 4 is 35.0 Å². The third-order valence-corrected chi connectivity index (χ3v) is 5.89. The smallest absolute Gasteiger partial charge is 0.242 e. The van der Waals surface area contributed by atoms with Crippen molar-refractivity contribution in [1.29, 1.82) is 0 Å². The van der Waals surface area contributed by atoms with E-state index in [2.05, 4.69) is 5.32 Å². The van der Waals surface area contributed by atoms with Crippen molar-refractivity contribution in [2.24, 2.45) is 0 Å². The van der Waals surface area contributed by atoms with Gasteiger partial charge in [0, 0.05) is 29.6 Å². The van der Waals surface area contributed by atoms with Crippen LogP contribution in [0.15, 0.2) is 78.9 Å². The molecule has 0 saturated heterocycles. The average Bonchev–Trinajstić information content (AvgIpc) is 2.81. The SMILES string of the molecule is C[C@@H](C(=O)NCc1ccc(Cl)cc1Cl)N(Cc1ccccc1)C(=O)CCc1ccccc1. The Labute approximate surface area is 199 Å². The first-order valence-corrected chi connectivity index (χ1v) is 11.3. The van der Waals surface area contributed by atoms with Crippen LogP contribution in [-0.2, 0) is 29.1 Å². The number of halogens is 2. The van der Waals surface area contributed by atoms with Gasteiger partial charge in [-0.05, 0) is 42.2 Å². The van der Waals surface area contributed by atoms with E-state index in [0.717, 1.165) is 16.7 Å². The first-order chi connectivity index (χ1) is 15.4. The summed E-state index contributed by atoms with van der Waals surface area (Å²) >= 11 is 12.2. The van der Waals surface area contributed by atoms with Gasteiger partial charge in [-0.2, -0.15) is 0 Å².